The Hall–Kier alpha value is -1.06. The number of hydrogen-bond donors (Lipinski definition) is 0. The van der Waals surface area contributed by atoms with Gasteiger partial charge in [0, 0.05) is 0 Å². The third-order valence-electron chi connectivity index (χ3n) is 1.62. The lowest BCUT2D eigenvalue weighted by molar-refractivity contribution is -0.116. The molecule has 1 rings (SSSR count). The highest BCUT2D eigenvalue weighted by atomic mass is 35.5. The average molecular weight is 215 g/mol. The van der Waals surface area contributed by atoms with Crippen molar-refractivity contribution in [2.75, 3.05) is 13.7 Å². The second-order valence-electron chi connectivity index (χ2n) is 2.70. The van der Waals surface area contributed by atoms with Crippen LogP contribution in [-0.2, 0) is 16.1 Å². The monoisotopic (exact) mass is 214 g/mol. The van der Waals surface area contributed by atoms with Gasteiger partial charge in [-0.05, 0) is 29.3 Å². The zero-order chi connectivity index (χ0) is 10.4. The Balaban J connectivity index is 2.46. The summed E-state index contributed by atoms with van der Waals surface area (Å²) in [4.78, 5) is 10.4. The standard InChI is InChI=1S/C10H11ClO3/c1-13-9-4-2-3-8(5-9)6-14-7-10(11)12/h2-5H,6-7H2,1H3. The van der Waals surface area contributed by atoms with Gasteiger partial charge in [-0.25, -0.2) is 0 Å². The molecule has 0 aliphatic heterocycles. The molecule has 0 saturated carbocycles. The summed E-state index contributed by atoms with van der Waals surface area (Å²) in [6.45, 7) is 0.286. The van der Waals surface area contributed by atoms with Crippen LogP contribution in [0.3, 0.4) is 0 Å². The maximum Gasteiger partial charge on any atom is 0.247 e. The number of carbonyl (C=O) groups excluding carboxylic acids is 1. The first-order valence-corrected chi connectivity index (χ1v) is 4.49. The lowest BCUT2D eigenvalue weighted by Gasteiger charge is -2.04. The minimum Gasteiger partial charge on any atom is -0.497 e. The fourth-order valence-corrected chi connectivity index (χ4v) is 1.09. The zero-order valence-electron chi connectivity index (χ0n) is 7.83. The Kier molecular flexibility index (Phi) is 4.43. The lowest BCUT2D eigenvalue weighted by Crippen LogP contribution is -2.01. The van der Waals surface area contributed by atoms with Gasteiger partial charge >= 0.3 is 0 Å². The van der Waals surface area contributed by atoms with Gasteiger partial charge in [-0.2, -0.15) is 0 Å². The zero-order valence-corrected chi connectivity index (χ0v) is 8.58. The Bertz CT molecular complexity index is 312. The third kappa shape index (κ3) is 3.77. The minimum atomic E-state index is -0.493. The highest BCUT2D eigenvalue weighted by molar-refractivity contribution is 6.63. The molecule has 0 bridgehead atoms. The van der Waals surface area contributed by atoms with E-state index in [-0.39, 0.29) is 6.61 Å². The SMILES string of the molecule is COc1cccc(COCC(=O)Cl)c1. The van der Waals surface area contributed by atoms with E-state index >= 15 is 0 Å². The van der Waals surface area contributed by atoms with Crippen LogP contribution >= 0.6 is 11.6 Å². The third-order valence-corrected chi connectivity index (χ3v) is 1.73. The van der Waals surface area contributed by atoms with E-state index in [0.29, 0.717) is 6.61 Å². The largest absolute Gasteiger partial charge is 0.497 e. The van der Waals surface area contributed by atoms with E-state index in [9.17, 15) is 4.79 Å². The first kappa shape index (κ1) is 11.0. The van der Waals surface area contributed by atoms with Crippen molar-refractivity contribution in [3.8, 4) is 5.75 Å². The normalized spacial score (nSPS) is 9.86. The van der Waals surface area contributed by atoms with Crippen molar-refractivity contribution in [3.63, 3.8) is 0 Å². The van der Waals surface area contributed by atoms with Gasteiger partial charge in [0.15, 0.2) is 0 Å². The van der Waals surface area contributed by atoms with Crippen molar-refractivity contribution in [1.82, 2.24) is 0 Å². The quantitative estimate of drug-likeness (QED) is 0.704. The molecular weight excluding hydrogens is 204 g/mol. The molecule has 0 spiro atoms. The Morgan fingerprint density at radius 3 is 2.93 bits per heavy atom. The van der Waals surface area contributed by atoms with E-state index in [1.54, 1.807) is 7.11 Å². The topological polar surface area (TPSA) is 35.5 Å². The van der Waals surface area contributed by atoms with Crippen LogP contribution in [0.2, 0.25) is 0 Å². The summed E-state index contributed by atoms with van der Waals surface area (Å²) in [6.07, 6.45) is 0. The van der Waals surface area contributed by atoms with Gasteiger partial charge in [0.25, 0.3) is 0 Å². The van der Waals surface area contributed by atoms with Crippen LogP contribution in [0.4, 0.5) is 0 Å². The van der Waals surface area contributed by atoms with Gasteiger partial charge in [0.05, 0.1) is 13.7 Å². The van der Waals surface area contributed by atoms with Crippen molar-refractivity contribution >= 4 is 16.8 Å². The number of carbonyl (C=O) groups is 1. The fourth-order valence-electron chi connectivity index (χ4n) is 1.01. The minimum absolute atomic E-state index is 0.0707. The molecule has 0 saturated heterocycles. The Morgan fingerprint density at radius 1 is 1.50 bits per heavy atom. The summed E-state index contributed by atoms with van der Waals surface area (Å²) in [5.41, 5.74) is 0.947. The van der Waals surface area contributed by atoms with Crippen LogP contribution < -0.4 is 4.74 Å². The van der Waals surface area contributed by atoms with E-state index in [0.717, 1.165) is 11.3 Å². The van der Waals surface area contributed by atoms with Crippen LogP contribution in [0.25, 0.3) is 0 Å². The predicted molar refractivity (Wildman–Crippen MR) is 53.5 cm³/mol. The molecule has 0 aliphatic rings. The highest BCUT2D eigenvalue weighted by Crippen LogP contribution is 2.13. The Morgan fingerprint density at radius 2 is 2.29 bits per heavy atom. The molecule has 14 heavy (non-hydrogen) atoms. The van der Waals surface area contributed by atoms with Gasteiger partial charge in [0.1, 0.15) is 12.4 Å². The van der Waals surface area contributed by atoms with Gasteiger partial charge < -0.3 is 9.47 Å². The fraction of sp³-hybridized carbons (Fsp3) is 0.300. The maximum atomic E-state index is 10.4. The predicted octanol–water partition coefficient (Wildman–Crippen LogP) is 1.98. The lowest BCUT2D eigenvalue weighted by atomic mass is 10.2. The van der Waals surface area contributed by atoms with Gasteiger partial charge in [-0.3, -0.25) is 4.79 Å². The number of hydrogen-bond acceptors (Lipinski definition) is 3. The molecule has 76 valence electrons. The second kappa shape index (κ2) is 5.62. The average Bonchev–Trinajstić information content (AvgIpc) is 2.18. The molecule has 1 aromatic carbocycles. The van der Waals surface area contributed by atoms with Crippen LogP contribution in [0, 0.1) is 0 Å². The summed E-state index contributed by atoms with van der Waals surface area (Å²) < 4.78 is 10.1. The summed E-state index contributed by atoms with van der Waals surface area (Å²) in [5.74, 6) is 0.767. The van der Waals surface area contributed by atoms with Gasteiger partial charge in [-0.1, -0.05) is 12.1 Å². The molecule has 0 aromatic heterocycles. The van der Waals surface area contributed by atoms with E-state index < -0.39 is 5.24 Å². The first-order valence-electron chi connectivity index (χ1n) is 4.11. The number of methoxy groups -OCH3 is 1. The highest BCUT2D eigenvalue weighted by Gasteiger charge is 1.98. The van der Waals surface area contributed by atoms with Crippen molar-refractivity contribution in [2.45, 2.75) is 6.61 Å². The van der Waals surface area contributed by atoms with Crippen molar-refractivity contribution in [3.05, 3.63) is 29.8 Å². The van der Waals surface area contributed by atoms with Crippen LogP contribution in [0.5, 0.6) is 5.75 Å². The molecule has 0 atom stereocenters. The molecule has 0 fully saturated rings. The van der Waals surface area contributed by atoms with Crippen LogP contribution in [0.1, 0.15) is 5.56 Å². The molecule has 1 aromatic rings. The van der Waals surface area contributed by atoms with Crippen LogP contribution in [0.15, 0.2) is 24.3 Å². The molecule has 0 aliphatic carbocycles. The molecule has 0 N–H and O–H groups in total. The van der Waals surface area contributed by atoms with Crippen molar-refractivity contribution < 1.29 is 14.3 Å². The van der Waals surface area contributed by atoms with Gasteiger partial charge in [0.2, 0.25) is 5.24 Å². The van der Waals surface area contributed by atoms with Gasteiger partial charge in [-0.15, -0.1) is 0 Å². The number of rotatable bonds is 5. The molecule has 0 heterocycles. The van der Waals surface area contributed by atoms with E-state index in [4.69, 9.17) is 21.1 Å². The van der Waals surface area contributed by atoms with E-state index in [2.05, 4.69) is 0 Å². The van der Waals surface area contributed by atoms with E-state index in [1.165, 1.54) is 0 Å². The molecule has 4 heteroatoms. The second-order valence-corrected chi connectivity index (χ2v) is 3.12. The smallest absolute Gasteiger partial charge is 0.247 e. The summed E-state index contributed by atoms with van der Waals surface area (Å²) in [5, 5.41) is -0.493. The Labute approximate surface area is 87.6 Å². The van der Waals surface area contributed by atoms with Crippen LogP contribution in [-0.4, -0.2) is 19.0 Å². The first-order chi connectivity index (χ1) is 6.72. The number of benzene rings is 1. The molecule has 0 amide bonds. The van der Waals surface area contributed by atoms with Crippen molar-refractivity contribution in [1.29, 1.82) is 0 Å². The maximum absolute atomic E-state index is 10.4. The summed E-state index contributed by atoms with van der Waals surface area (Å²) >= 11 is 5.11. The number of halogens is 1. The molecule has 3 nitrogen and oxygen atoms in total. The van der Waals surface area contributed by atoms with E-state index in [1.807, 2.05) is 24.3 Å². The molecule has 0 radical (unpaired) electrons. The molecule has 0 unspecified atom stereocenters. The number of ether oxygens (including phenoxy) is 2. The van der Waals surface area contributed by atoms with Crippen molar-refractivity contribution in [2.24, 2.45) is 0 Å². The summed E-state index contributed by atoms with van der Waals surface area (Å²) in [7, 11) is 1.60. The summed E-state index contributed by atoms with van der Waals surface area (Å²) in [6, 6.07) is 7.44. The molecular formula is C10H11ClO3.